The van der Waals surface area contributed by atoms with E-state index in [-0.39, 0.29) is 6.54 Å². The van der Waals surface area contributed by atoms with Gasteiger partial charge >= 0.3 is 0 Å². The van der Waals surface area contributed by atoms with Gasteiger partial charge in [-0.25, -0.2) is 13.8 Å². The Bertz CT molecular complexity index is 575. The molecule has 0 radical (unpaired) electrons. The van der Waals surface area contributed by atoms with Gasteiger partial charge in [0.05, 0.1) is 5.39 Å². The lowest BCUT2D eigenvalue weighted by Crippen LogP contribution is -2.27. The van der Waals surface area contributed by atoms with Gasteiger partial charge in [0, 0.05) is 18.5 Å². The molecule has 3 N–H and O–H groups in total. The Hall–Kier alpha value is -1.54. The second kappa shape index (κ2) is 5.62. The van der Waals surface area contributed by atoms with Crippen molar-refractivity contribution >= 4 is 33.3 Å². The van der Waals surface area contributed by atoms with Gasteiger partial charge in [-0.15, -0.1) is 11.3 Å². The molecule has 2 rings (SSSR count). The maximum Gasteiger partial charge on any atom is 0.265 e. The van der Waals surface area contributed by atoms with Crippen LogP contribution in [0.2, 0.25) is 0 Å². The molecular formula is C11H14F2N4OS. The fourth-order valence-electron chi connectivity index (χ4n) is 1.58. The monoisotopic (exact) mass is 288 g/mol. The minimum Gasteiger partial charge on any atom is -0.385 e. The Balaban J connectivity index is 2.29. The highest BCUT2D eigenvalue weighted by atomic mass is 32.1. The average molecular weight is 288 g/mol. The van der Waals surface area contributed by atoms with Gasteiger partial charge in [-0.1, -0.05) is 0 Å². The summed E-state index contributed by atoms with van der Waals surface area (Å²) in [4.78, 5) is 10.3. The Labute approximate surface area is 112 Å². The van der Waals surface area contributed by atoms with Crippen molar-refractivity contribution in [3.8, 4) is 0 Å². The third-order valence-corrected chi connectivity index (χ3v) is 3.45. The van der Waals surface area contributed by atoms with Crippen molar-refractivity contribution in [3.63, 3.8) is 0 Å². The summed E-state index contributed by atoms with van der Waals surface area (Å²) in [6, 6.07) is 1.89. The van der Waals surface area contributed by atoms with Crippen LogP contribution in [-0.4, -0.2) is 41.2 Å². The van der Waals surface area contributed by atoms with Crippen LogP contribution in [0.3, 0.4) is 0 Å². The second-order valence-corrected chi connectivity index (χ2v) is 5.24. The predicted octanol–water partition coefficient (Wildman–Crippen LogP) is 2.08. The molecule has 0 bridgehead atoms. The van der Waals surface area contributed by atoms with Crippen molar-refractivity contribution in [1.29, 1.82) is 0 Å². The number of hydrogen-bond acceptors (Lipinski definition) is 6. The zero-order valence-electron chi connectivity index (χ0n) is 10.4. The summed E-state index contributed by atoms with van der Waals surface area (Å²) in [5.74, 6) is 0.849. The van der Waals surface area contributed by atoms with Crippen LogP contribution in [0.1, 0.15) is 4.88 Å². The molecule has 0 saturated heterocycles. The van der Waals surface area contributed by atoms with E-state index in [9.17, 15) is 8.78 Å². The van der Waals surface area contributed by atoms with Gasteiger partial charge in [-0.3, -0.25) is 0 Å². The lowest BCUT2D eigenvalue weighted by atomic mass is 10.3. The molecule has 2 aromatic heterocycles. The molecule has 0 aliphatic rings. The molecule has 0 aromatic carbocycles. The standard InChI is InChI=1S/C11H14F2N4OS/c1-5-3-6-9(15-4-7(18)8(12)13)16-11(14-2)17-10(6)19-5/h3,7-8,18H,4H2,1-2H3,(H2,14,15,16,17). The first-order valence-corrected chi connectivity index (χ1v) is 6.49. The van der Waals surface area contributed by atoms with Crippen LogP contribution >= 0.6 is 11.3 Å². The Morgan fingerprint density at radius 2 is 2.16 bits per heavy atom. The van der Waals surface area contributed by atoms with Crippen molar-refractivity contribution in [1.82, 2.24) is 9.97 Å². The van der Waals surface area contributed by atoms with E-state index in [1.165, 1.54) is 11.3 Å². The van der Waals surface area contributed by atoms with Gasteiger partial charge in [-0.05, 0) is 13.0 Å². The summed E-state index contributed by atoms with van der Waals surface area (Å²) in [5, 5.41) is 15.4. The van der Waals surface area contributed by atoms with E-state index in [0.717, 1.165) is 15.1 Å². The highest BCUT2D eigenvalue weighted by molar-refractivity contribution is 7.18. The number of nitrogens with zero attached hydrogens (tertiary/aromatic N) is 2. The molecule has 1 unspecified atom stereocenters. The lowest BCUT2D eigenvalue weighted by molar-refractivity contribution is 0.00382. The van der Waals surface area contributed by atoms with E-state index >= 15 is 0 Å². The van der Waals surface area contributed by atoms with Crippen LogP contribution in [0.4, 0.5) is 20.5 Å². The van der Waals surface area contributed by atoms with Crippen LogP contribution < -0.4 is 10.6 Å². The number of aryl methyl sites for hydroxylation is 1. The number of rotatable bonds is 5. The van der Waals surface area contributed by atoms with Crippen molar-refractivity contribution in [3.05, 3.63) is 10.9 Å². The SMILES string of the molecule is CNc1nc(NCC(O)C(F)F)c2cc(C)sc2n1. The molecule has 8 heteroatoms. The van der Waals surface area contributed by atoms with E-state index < -0.39 is 12.5 Å². The number of anilines is 2. The number of alkyl halides is 2. The molecule has 0 amide bonds. The number of halogens is 2. The van der Waals surface area contributed by atoms with Gasteiger partial charge in [0.1, 0.15) is 16.8 Å². The molecule has 0 fully saturated rings. The molecule has 0 spiro atoms. The van der Waals surface area contributed by atoms with E-state index in [1.807, 2.05) is 13.0 Å². The van der Waals surface area contributed by atoms with Gasteiger partial charge in [0.15, 0.2) is 0 Å². The van der Waals surface area contributed by atoms with E-state index in [0.29, 0.717) is 11.8 Å². The summed E-state index contributed by atoms with van der Waals surface area (Å²) >= 11 is 1.49. The quantitative estimate of drug-likeness (QED) is 0.786. The smallest absolute Gasteiger partial charge is 0.265 e. The van der Waals surface area contributed by atoms with E-state index in [2.05, 4.69) is 20.6 Å². The fraction of sp³-hybridized carbons (Fsp3) is 0.455. The molecule has 0 aliphatic heterocycles. The van der Waals surface area contributed by atoms with Crippen LogP contribution in [-0.2, 0) is 0 Å². The third kappa shape index (κ3) is 3.07. The molecule has 5 nitrogen and oxygen atoms in total. The molecule has 19 heavy (non-hydrogen) atoms. The molecule has 1 atom stereocenters. The fourth-order valence-corrected chi connectivity index (χ4v) is 2.46. The summed E-state index contributed by atoms with van der Waals surface area (Å²) in [6.45, 7) is 1.67. The number of thiophene rings is 1. The number of nitrogens with one attached hydrogen (secondary N) is 2. The number of aromatic nitrogens is 2. The maximum atomic E-state index is 12.3. The highest BCUT2D eigenvalue weighted by Crippen LogP contribution is 2.29. The Morgan fingerprint density at radius 1 is 1.42 bits per heavy atom. The van der Waals surface area contributed by atoms with Gasteiger partial charge < -0.3 is 15.7 Å². The van der Waals surface area contributed by atoms with Crippen molar-refractivity contribution in [2.75, 3.05) is 24.2 Å². The van der Waals surface area contributed by atoms with Crippen LogP contribution in [0.15, 0.2) is 6.07 Å². The zero-order valence-corrected chi connectivity index (χ0v) is 11.3. The number of hydrogen-bond donors (Lipinski definition) is 3. The molecule has 2 aromatic rings. The van der Waals surface area contributed by atoms with Crippen LogP contribution in [0.25, 0.3) is 10.2 Å². The number of aliphatic hydroxyl groups is 1. The predicted molar refractivity (Wildman–Crippen MR) is 72.2 cm³/mol. The Morgan fingerprint density at radius 3 is 2.79 bits per heavy atom. The molecular weight excluding hydrogens is 274 g/mol. The first kappa shape index (κ1) is 13.9. The largest absolute Gasteiger partial charge is 0.385 e. The Kier molecular flexibility index (Phi) is 4.11. The maximum absolute atomic E-state index is 12.3. The molecule has 0 saturated carbocycles. The molecule has 0 aliphatic carbocycles. The minimum atomic E-state index is -2.78. The average Bonchev–Trinajstić information content (AvgIpc) is 2.75. The third-order valence-electron chi connectivity index (χ3n) is 2.51. The minimum absolute atomic E-state index is 0.262. The van der Waals surface area contributed by atoms with Crippen molar-refractivity contribution < 1.29 is 13.9 Å². The van der Waals surface area contributed by atoms with Crippen LogP contribution in [0, 0.1) is 6.92 Å². The van der Waals surface area contributed by atoms with Crippen LogP contribution in [0.5, 0.6) is 0 Å². The van der Waals surface area contributed by atoms with Gasteiger partial charge in [-0.2, -0.15) is 4.98 Å². The topological polar surface area (TPSA) is 70.1 Å². The first-order valence-electron chi connectivity index (χ1n) is 5.67. The van der Waals surface area contributed by atoms with E-state index in [1.54, 1.807) is 7.05 Å². The van der Waals surface area contributed by atoms with Crippen molar-refractivity contribution in [2.45, 2.75) is 19.5 Å². The van der Waals surface area contributed by atoms with E-state index in [4.69, 9.17) is 5.11 Å². The van der Waals surface area contributed by atoms with Crippen molar-refractivity contribution in [2.24, 2.45) is 0 Å². The second-order valence-electron chi connectivity index (χ2n) is 4.00. The summed E-state index contributed by atoms with van der Waals surface area (Å²) in [7, 11) is 1.68. The van der Waals surface area contributed by atoms with Gasteiger partial charge in [0.25, 0.3) is 6.43 Å². The lowest BCUT2D eigenvalue weighted by Gasteiger charge is -2.12. The number of aliphatic hydroxyl groups excluding tert-OH is 1. The van der Waals surface area contributed by atoms with Gasteiger partial charge in [0.2, 0.25) is 5.95 Å². The highest BCUT2D eigenvalue weighted by Gasteiger charge is 2.17. The summed E-state index contributed by atoms with van der Waals surface area (Å²) < 4.78 is 24.5. The number of fused-ring (bicyclic) bond motifs is 1. The summed E-state index contributed by atoms with van der Waals surface area (Å²) in [5.41, 5.74) is 0. The summed E-state index contributed by atoms with van der Waals surface area (Å²) in [6.07, 6.45) is -4.50. The first-order chi connectivity index (χ1) is 9.01. The normalized spacial score (nSPS) is 12.9. The molecule has 2 heterocycles. The molecule has 104 valence electrons. The zero-order chi connectivity index (χ0) is 14.0.